The molecular formula is C53H62N4S4. The summed E-state index contributed by atoms with van der Waals surface area (Å²) in [5, 5.41) is 37.8. The Morgan fingerprint density at radius 1 is 0.459 bits per heavy atom. The lowest BCUT2D eigenvalue weighted by atomic mass is 9.71. The van der Waals surface area contributed by atoms with E-state index in [-0.39, 0.29) is 16.6 Å². The fraction of sp³-hybridized carbons (Fsp3) is 0.472. The first-order valence-electron chi connectivity index (χ1n) is 22.8. The lowest BCUT2D eigenvalue weighted by molar-refractivity contribution is 0.402. The van der Waals surface area contributed by atoms with Gasteiger partial charge in [0.05, 0.1) is 0 Å². The summed E-state index contributed by atoms with van der Waals surface area (Å²) in [4.78, 5) is 9.81. The van der Waals surface area contributed by atoms with Crippen molar-refractivity contribution in [3.05, 3.63) is 86.9 Å². The lowest BCUT2D eigenvalue weighted by Gasteiger charge is -2.31. The minimum Gasteiger partial charge on any atom is -0.192 e. The second-order valence-corrected chi connectivity index (χ2v) is 20.8. The number of hydrogen-bond donors (Lipinski definition) is 0. The number of rotatable bonds is 26. The molecule has 0 bridgehead atoms. The number of nitriles is 4. The molecular weight excluding hydrogens is 821 g/mol. The van der Waals surface area contributed by atoms with Gasteiger partial charge in [0.1, 0.15) is 35.4 Å². The fourth-order valence-electron chi connectivity index (χ4n) is 8.56. The van der Waals surface area contributed by atoms with Gasteiger partial charge in [-0.05, 0) is 122 Å². The third-order valence-corrected chi connectivity index (χ3v) is 16.4. The second-order valence-electron chi connectivity index (χ2n) is 16.4. The van der Waals surface area contributed by atoms with E-state index in [2.05, 4.69) is 76.3 Å². The molecule has 0 radical (unpaired) electrons. The van der Waals surface area contributed by atoms with Crippen LogP contribution in [0.1, 0.15) is 195 Å². The largest absolute Gasteiger partial charge is 0.192 e. The van der Waals surface area contributed by atoms with Gasteiger partial charge >= 0.3 is 0 Å². The van der Waals surface area contributed by atoms with Gasteiger partial charge in [-0.25, -0.2) is 0 Å². The van der Waals surface area contributed by atoms with Crippen molar-refractivity contribution in [1.82, 2.24) is 0 Å². The Balaban J connectivity index is 1.55. The lowest BCUT2D eigenvalue weighted by Crippen LogP contribution is -2.25. The van der Waals surface area contributed by atoms with E-state index in [1.54, 1.807) is 34.8 Å². The van der Waals surface area contributed by atoms with E-state index in [0.717, 1.165) is 35.4 Å². The van der Waals surface area contributed by atoms with Gasteiger partial charge < -0.3 is 0 Å². The molecule has 1 aliphatic rings. The Morgan fingerprint density at radius 3 is 1.20 bits per heavy atom. The van der Waals surface area contributed by atoms with Gasteiger partial charge in [-0.2, -0.15) is 21.0 Å². The van der Waals surface area contributed by atoms with Crippen LogP contribution in [-0.2, 0) is 18.3 Å². The maximum atomic E-state index is 9.46. The van der Waals surface area contributed by atoms with Gasteiger partial charge in [-0.3, -0.25) is 0 Å². The van der Waals surface area contributed by atoms with Crippen molar-refractivity contribution in [2.75, 3.05) is 0 Å². The first-order valence-corrected chi connectivity index (χ1v) is 26.1. The molecule has 4 nitrogen and oxygen atoms in total. The summed E-state index contributed by atoms with van der Waals surface area (Å²) >= 11 is 7.22. The van der Waals surface area contributed by atoms with Crippen molar-refractivity contribution in [2.24, 2.45) is 0 Å². The third-order valence-electron chi connectivity index (χ3n) is 11.8. The molecule has 0 aliphatic heterocycles. The highest BCUT2D eigenvalue weighted by atomic mass is 32.1. The molecule has 61 heavy (non-hydrogen) atoms. The van der Waals surface area contributed by atoms with E-state index in [0.29, 0.717) is 0 Å². The van der Waals surface area contributed by atoms with Gasteiger partial charge in [-0.15, -0.1) is 45.3 Å². The van der Waals surface area contributed by atoms with Crippen molar-refractivity contribution >= 4 is 81.8 Å². The first-order chi connectivity index (χ1) is 29.9. The summed E-state index contributed by atoms with van der Waals surface area (Å²) in [5.74, 6) is 0. The molecule has 0 fully saturated rings. The first kappa shape index (κ1) is 47.8. The number of fused-ring (bicyclic) bond motifs is 3. The van der Waals surface area contributed by atoms with Crippen LogP contribution in [0, 0.1) is 45.3 Å². The summed E-state index contributed by atoms with van der Waals surface area (Å²) in [6, 6.07) is 17.5. The topological polar surface area (TPSA) is 95.2 Å². The highest BCUT2D eigenvalue weighted by Crippen LogP contribution is 2.60. The number of nitrogens with zero attached hydrogens (tertiary/aromatic N) is 4. The number of allylic oxidation sites excluding steroid dienone is 2. The summed E-state index contributed by atoms with van der Waals surface area (Å²) in [5.41, 5.74) is 5.94. The van der Waals surface area contributed by atoms with Crippen molar-refractivity contribution in [3.8, 4) is 34.0 Å². The number of aryl methyl sites for hydroxylation is 2. The number of thiophene rings is 4. The van der Waals surface area contributed by atoms with E-state index in [1.165, 1.54) is 154 Å². The maximum absolute atomic E-state index is 9.46. The minimum absolute atomic E-state index is 0.00395. The standard InChI is InChI=1S/C53H62N4S4/c1-5-9-13-17-21-41-31-45(29-39(35-54)36-55)58-49(41)25-23-43-33-47-51(60-43)52-48(53(47,27-19-15-11-7-3)28-20-16-12-8-4)34-44(61-52)24-26-50-42(22-18-14-10-6-2)32-46(59-50)30-40(37-56)38-57/h23-26,29-34H,5-22,27-28H2,1-4H3/b25-23+,26-24+. The molecule has 4 aromatic rings. The van der Waals surface area contributed by atoms with Crippen LogP contribution >= 0.6 is 45.3 Å². The monoisotopic (exact) mass is 882 g/mol. The average Bonchev–Trinajstić information content (AvgIpc) is 4.10. The van der Waals surface area contributed by atoms with Gasteiger partial charge in [0.2, 0.25) is 0 Å². The minimum atomic E-state index is 0.00395. The molecule has 4 heterocycles. The number of hydrogen-bond acceptors (Lipinski definition) is 8. The summed E-state index contributed by atoms with van der Waals surface area (Å²) < 4.78 is 0. The van der Waals surface area contributed by atoms with E-state index >= 15 is 0 Å². The molecule has 0 saturated heterocycles. The normalized spacial score (nSPS) is 12.5. The van der Waals surface area contributed by atoms with E-state index in [1.807, 2.05) is 47.0 Å². The molecule has 0 saturated carbocycles. The van der Waals surface area contributed by atoms with Crippen molar-refractivity contribution < 1.29 is 0 Å². The van der Waals surface area contributed by atoms with E-state index in [4.69, 9.17) is 0 Å². The zero-order valence-corrected chi connectivity index (χ0v) is 40.1. The predicted octanol–water partition coefficient (Wildman–Crippen LogP) is 17.6. The van der Waals surface area contributed by atoms with Crippen LogP contribution < -0.4 is 0 Å². The molecule has 4 aromatic heterocycles. The van der Waals surface area contributed by atoms with Crippen molar-refractivity contribution in [1.29, 1.82) is 21.0 Å². The molecule has 0 amide bonds. The summed E-state index contributed by atoms with van der Waals surface area (Å²) in [6.07, 6.45) is 36.5. The molecule has 1 aliphatic carbocycles. The van der Waals surface area contributed by atoms with Gasteiger partial charge in [0.15, 0.2) is 0 Å². The van der Waals surface area contributed by atoms with Crippen molar-refractivity contribution in [3.63, 3.8) is 0 Å². The molecule has 0 atom stereocenters. The summed E-state index contributed by atoms with van der Waals surface area (Å²) in [7, 11) is 0. The highest BCUT2D eigenvalue weighted by molar-refractivity contribution is 7.23. The second kappa shape index (κ2) is 25.0. The van der Waals surface area contributed by atoms with Gasteiger partial charge in [0.25, 0.3) is 0 Å². The quantitative estimate of drug-likeness (QED) is 0.0463. The SMILES string of the molecule is CCCCCCc1cc(C=C(C#N)C#N)sc1/C=C/c1cc2c(s1)-c1sc(/C=C/c3sc(C=C(C#N)C#N)cc3CCCCCC)cc1C2(CCCCCC)CCCCCC. The smallest absolute Gasteiger partial charge is 0.131 e. The van der Waals surface area contributed by atoms with Crippen LogP contribution in [0.3, 0.4) is 0 Å². The van der Waals surface area contributed by atoms with Crippen LogP contribution in [0.5, 0.6) is 0 Å². The zero-order chi connectivity index (χ0) is 43.5. The Hall–Kier alpha value is -4.28. The Bertz CT molecular complexity index is 2140. The Kier molecular flexibility index (Phi) is 19.6. The van der Waals surface area contributed by atoms with Crippen molar-refractivity contribution in [2.45, 2.75) is 162 Å². The molecule has 318 valence electrons. The molecule has 5 rings (SSSR count). The van der Waals surface area contributed by atoms with Crippen LogP contribution in [0.15, 0.2) is 35.4 Å². The molecule has 8 heteroatoms. The molecule has 0 N–H and O–H groups in total. The van der Waals surface area contributed by atoms with Crippen LogP contribution in [-0.4, -0.2) is 0 Å². The maximum Gasteiger partial charge on any atom is 0.131 e. The van der Waals surface area contributed by atoms with Gasteiger partial charge in [0, 0.05) is 44.4 Å². The van der Waals surface area contributed by atoms with Crippen LogP contribution in [0.25, 0.3) is 46.2 Å². The Labute approximate surface area is 382 Å². The van der Waals surface area contributed by atoms with Crippen LogP contribution in [0.4, 0.5) is 0 Å². The van der Waals surface area contributed by atoms with E-state index in [9.17, 15) is 21.0 Å². The zero-order valence-electron chi connectivity index (χ0n) is 36.8. The fourth-order valence-corrected chi connectivity index (χ4v) is 13.2. The molecule has 0 spiro atoms. The van der Waals surface area contributed by atoms with E-state index < -0.39 is 0 Å². The predicted molar refractivity (Wildman–Crippen MR) is 267 cm³/mol. The molecule has 0 aromatic carbocycles. The Morgan fingerprint density at radius 2 is 0.836 bits per heavy atom. The number of unbranched alkanes of at least 4 members (excludes halogenated alkanes) is 12. The summed E-state index contributed by atoms with van der Waals surface area (Å²) in [6.45, 7) is 9.08. The third kappa shape index (κ3) is 12.9. The van der Waals surface area contributed by atoms with Crippen LogP contribution in [0.2, 0.25) is 0 Å². The van der Waals surface area contributed by atoms with Gasteiger partial charge in [-0.1, -0.05) is 118 Å². The highest BCUT2D eigenvalue weighted by Gasteiger charge is 2.45. The molecule has 0 unspecified atom stereocenters. The average molecular weight is 883 g/mol.